The molecule has 142 valence electrons. The van der Waals surface area contributed by atoms with Crippen LogP contribution in [0, 0.1) is 0 Å². The van der Waals surface area contributed by atoms with Crippen molar-refractivity contribution in [3.63, 3.8) is 0 Å². The highest BCUT2D eigenvalue weighted by Crippen LogP contribution is 2.20. The van der Waals surface area contributed by atoms with Crippen LogP contribution in [0.2, 0.25) is 0 Å². The standard InChI is InChI=1S/C18H26N4O4/c1-7-15(13(4)20-25-12(2)3)21-26-16-11-9-8-10-14(16)17(22-24-6)18(23)19-5/h8-12H,7H2,1-6H3,(H,19,23)/b20-13+,21-15+,22-17-. The summed E-state index contributed by atoms with van der Waals surface area (Å²) < 4.78 is 0. The van der Waals surface area contributed by atoms with E-state index in [0.29, 0.717) is 29.2 Å². The molecule has 0 heterocycles. The number of amides is 1. The predicted molar refractivity (Wildman–Crippen MR) is 102 cm³/mol. The highest BCUT2D eigenvalue weighted by Gasteiger charge is 2.18. The van der Waals surface area contributed by atoms with Crippen LogP contribution in [0.25, 0.3) is 0 Å². The van der Waals surface area contributed by atoms with Gasteiger partial charge in [-0.1, -0.05) is 34.5 Å². The van der Waals surface area contributed by atoms with Crippen LogP contribution in [-0.4, -0.2) is 43.3 Å². The Balaban J connectivity index is 3.15. The minimum absolute atomic E-state index is 0.0231. The zero-order chi connectivity index (χ0) is 19.5. The summed E-state index contributed by atoms with van der Waals surface area (Å²) in [4.78, 5) is 27.6. The monoisotopic (exact) mass is 362 g/mol. The molecule has 8 heteroatoms. The third kappa shape index (κ3) is 6.19. The van der Waals surface area contributed by atoms with Crippen molar-refractivity contribution in [2.45, 2.75) is 40.2 Å². The molecule has 0 unspecified atom stereocenters. The fraction of sp³-hybridized carbons (Fsp3) is 0.444. The van der Waals surface area contributed by atoms with E-state index < -0.39 is 5.91 Å². The maximum atomic E-state index is 12.1. The highest BCUT2D eigenvalue weighted by molar-refractivity contribution is 6.45. The molecule has 0 saturated heterocycles. The molecule has 0 fully saturated rings. The molecule has 0 aromatic heterocycles. The third-order valence-electron chi connectivity index (χ3n) is 3.17. The number of oxime groups is 3. The van der Waals surface area contributed by atoms with Crippen LogP contribution in [0.15, 0.2) is 39.7 Å². The van der Waals surface area contributed by atoms with Crippen LogP contribution in [0.1, 0.15) is 39.7 Å². The lowest BCUT2D eigenvalue weighted by atomic mass is 10.1. The van der Waals surface area contributed by atoms with Gasteiger partial charge in [0.1, 0.15) is 24.6 Å². The number of likely N-dealkylation sites (N-methyl/N-ethyl adjacent to an activating group) is 1. The van der Waals surface area contributed by atoms with Crippen LogP contribution in [0.5, 0.6) is 5.75 Å². The van der Waals surface area contributed by atoms with Crippen molar-refractivity contribution in [1.82, 2.24) is 5.32 Å². The summed E-state index contributed by atoms with van der Waals surface area (Å²) in [6.45, 7) is 7.51. The highest BCUT2D eigenvalue weighted by atomic mass is 16.6. The number of benzene rings is 1. The molecular formula is C18H26N4O4. The Hall–Kier alpha value is -2.90. The van der Waals surface area contributed by atoms with Crippen LogP contribution < -0.4 is 10.2 Å². The molecule has 0 saturated carbocycles. The third-order valence-corrected chi connectivity index (χ3v) is 3.17. The van der Waals surface area contributed by atoms with Gasteiger partial charge in [-0.2, -0.15) is 0 Å². The summed E-state index contributed by atoms with van der Waals surface area (Å²) in [5.74, 6) is -0.0268. The van der Waals surface area contributed by atoms with Crippen LogP contribution in [0.3, 0.4) is 0 Å². The minimum atomic E-state index is -0.398. The number of nitrogens with zero attached hydrogens (tertiary/aromatic N) is 3. The lowest BCUT2D eigenvalue weighted by molar-refractivity contribution is -0.114. The Morgan fingerprint density at radius 2 is 1.88 bits per heavy atom. The van der Waals surface area contributed by atoms with Gasteiger partial charge >= 0.3 is 0 Å². The molecule has 1 amide bonds. The zero-order valence-corrected chi connectivity index (χ0v) is 16.1. The lowest BCUT2D eigenvalue weighted by Crippen LogP contribution is -2.29. The fourth-order valence-electron chi connectivity index (χ4n) is 1.89. The maximum Gasteiger partial charge on any atom is 0.273 e. The summed E-state index contributed by atoms with van der Waals surface area (Å²) in [6.07, 6.45) is 0.581. The van der Waals surface area contributed by atoms with Gasteiger partial charge in [-0.25, -0.2) is 0 Å². The molecule has 0 spiro atoms. The normalized spacial score (nSPS) is 12.8. The van der Waals surface area contributed by atoms with E-state index in [0.717, 1.165) is 0 Å². The molecule has 0 aliphatic heterocycles. The number of para-hydroxylation sites is 1. The summed E-state index contributed by atoms with van der Waals surface area (Å²) in [5.41, 5.74) is 1.80. The topological polar surface area (TPSA) is 93.9 Å². The first kappa shape index (κ1) is 21.1. The van der Waals surface area contributed by atoms with E-state index >= 15 is 0 Å². The smallest absolute Gasteiger partial charge is 0.273 e. The van der Waals surface area contributed by atoms with Crippen molar-refractivity contribution >= 4 is 23.0 Å². The summed E-state index contributed by atoms with van der Waals surface area (Å²) in [5, 5.41) is 14.5. The van der Waals surface area contributed by atoms with E-state index in [1.165, 1.54) is 14.2 Å². The van der Waals surface area contributed by atoms with Gasteiger partial charge in [0.25, 0.3) is 5.91 Å². The molecule has 0 aliphatic carbocycles. The van der Waals surface area contributed by atoms with Gasteiger partial charge < -0.3 is 19.8 Å². The van der Waals surface area contributed by atoms with Gasteiger partial charge in [0.05, 0.1) is 5.56 Å². The van der Waals surface area contributed by atoms with Gasteiger partial charge in [0.2, 0.25) is 0 Å². The molecule has 1 aromatic carbocycles. The van der Waals surface area contributed by atoms with Crippen LogP contribution in [-0.2, 0) is 14.5 Å². The van der Waals surface area contributed by atoms with Crippen molar-refractivity contribution in [2.75, 3.05) is 14.2 Å². The Kier molecular flexibility index (Phi) is 8.83. The van der Waals surface area contributed by atoms with Crippen molar-refractivity contribution in [3.05, 3.63) is 29.8 Å². The van der Waals surface area contributed by atoms with Crippen molar-refractivity contribution < 1.29 is 19.3 Å². The largest absolute Gasteiger partial charge is 0.398 e. The van der Waals surface area contributed by atoms with E-state index in [2.05, 4.69) is 20.8 Å². The quantitative estimate of drug-likeness (QED) is 0.540. The second kappa shape index (κ2) is 10.9. The van der Waals surface area contributed by atoms with Gasteiger partial charge in [-0.15, -0.1) is 0 Å². The molecule has 26 heavy (non-hydrogen) atoms. The van der Waals surface area contributed by atoms with E-state index in [4.69, 9.17) is 14.5 Å². The molecule has 0 aliphatic rings. The summed E-state index contributed by atoms with van der Waals surface area (Å²) in [6, 6.07) is 6.94. The number of carbonyl (C=O) groups is 1. The number of hydrogen-bond acceptors (Lipinski definition) is 7. The Morgan fingerprint density at radius 1 is 1.19 bits per heavy atom. The average Bonchev–Trinajstić information content (AvgIpc) is 2.64. The molecule has 1 aromatic rings. The van der Waals surface area contributed by atoms with Gasteiger partial charge in [0.15, 0.2) is 11.5 Å². The zero-order valence-electron chi connectivity index (χ0n) is 16.1. The van der Waals surface area contributed by atoms with E-state index in [9.17, 15) is 4.79 Å². The Morgan fingerprint density at radius 3 is 2.46 bits per heavy atom. The summed E-state index contributed by atoms with van der Waals surface area (Å²) >= 11 is 0. The molecule has 0 bridgehead atoms. The first-order valence-corrected chi connectivity index (χ1v) is 8.31. The second-order valence-corrected chi connectivity index (χ2v) is 5.51. The van der Waals surface area contributed by atoms with Crippen molar-refractivity contribution in [2.24, 2.45) is 15.5 Å². The first-order valence-electron chi connectivity index (χ1n) is 8.31. The molecule has 0 atom stereocenters. The SMILES string of the molecule is CCC(=N\Oc1ccccc1/C(=N/OC)C(=O)NC)/C(C)=N/OC(C)C. The predicted octanol–water partition coefficient (Wildman–Crippen LogP) is 2.73. The average molecular weight is 362 g/mol. The molecule has 0 radical (unpaired) electrons. The molecule has 1 rings (SSSR count). The van der Waals surface area contributed by atoms with Gasteiger partial charge in [-0.05, 0) is 39.3 Å². The maximum absolute atomic E-state index is 12.1. The van der Waals surface area contributed by atoms with Crippen molar-refractivity contribution in [1.29, 1.82) is 0 Å². The van der Waals surface area contributed by atoms with E-state index in [1.807, 2.05) is 20.8 Å². The first-order chi connectivity index (χ1) is 12.4. The molecular weight excluding hydrogens is 336 g/mol. The summed E-state index contributed by atoms with van der Waals surface area (Å²) in [7, 11) is 2.88. The van der Waals surface area contributed by atoms with E-state index in [1.54, 1.807) is 31.2 Å². The Bertz CT molecular complexity index is 696. The Labute approximate surface area is 153 Å². The van der Waals surface area contributed by atoms with Crippen molar-refractivity contribution in [3.8, 4) is 5.75 Å². The number of carbonyl (C=O) groups excluding carboxylic acids is 1. The van der Waals surface area contributed by atoms with Gasteiger partial charge in [-0.3, -0.25) is 4.79 Å². The van der Waals surface area contributed by atoms with Crippen LogP contribution in [0.4, 0.5) is 0 Å². The molecule has 8 nitrogen and oxygen atoms in total. The number of nitrogens with one attached hydrogen (secondary N) is 1. The lowest BCUT2D eigenvalue weighted by Gasteiger charge is -2.10. The fourth-order valence-corrected chi connectivity index (χ4v) is 1.89. The van der Waals surface area contributed by atoms with E-state index in [-0.39, 0.29) is 11.8 Å². The minimum Gasteiger partial charge on any atom is -0.398 e. The number of hydrogen-bond donors (Lipinski definition) is 1. The second-order valence-electron chi connectivity index (χ2n) is 5.51. The number of rotatable bonds is 9. The van der Waals surface area contributed by atoms with Crippen LogP contribution >= 0.6 is 0 Å². The van der Waals surface area contributed by atoms with Gasteiger partial charge in [0, 0.05) is 7.05 Å². The molecule has 1 N–H and O–H groups in total.